The Balaban J connectivity index is 1.81. The first-order chi connectivity index (χ1) is 16.8. The number of aryl methyl sites for hydroxylation is 1. The van der Waals surface area contributed by atoms with E-state index in [0.29, 0.717) is 35.2 Å². The summed E-state index contributed by atoms with van der Waals surface area (Å²) in [5.41, 5.74) is 1.78. The average molecular weight is 531 g/mol. The molecule has 3 heterocycles. The first-order valence-corrected chi connectivity index (χ1v) is 13.7. The molecule has 0 unspecified atom stereocenters. The fraction of sp³-hybridized carbons (Fsp3) is 0.208. The molecule has 35 heavy (non-hydrogen) atoms. The third-order valence-electron chi connectivity index (χ3n) is 5.31. The second kappa shape index (κ2) is 10.6. The molecule has 0 radical (unpaired) electrons. The molecule has 0 atom stereocenters. The largest absolute Gasteiger partial charge is 0.467 e. The minimum Gasteiger partial charge on any atom is -0.467 e. The topological polar surface area (TPSA) is 105 Å². The highest BCUT2D eigenvalue weighted by Gasteiger charge is 2.26. The van der Waals surface area contributed by atoms with Crippen LogP contribution < -0.4 is 10.2 Å². The van der Waals surface area contributed by atoms with E-state index in [2.05, 4.69) is 15.3 Å². The number of aromatic nitrogens is 2. The third kappa shape index (κ3) is 5.72. The molecule has 1 amide bonds. The standard InChI is InChI=1S/C24H23ClN4O4S2/c1-3-35(31,32)24-26-13-20(22(28-24)23(30)27-19-9-5-4-8-18(19)25)29(14-17-7-6-11-33-17)15-21-16(2)10-12-34-21/h4-13H,3,14-15H2,1-2H3,(H,27,30). The van der Waals surface area contributed by atoms with Gasteiger partial charge in [-0.15, -0.1) is 11.3 Å². The number of hydrogen-bond acceptors (Lipinski definition) is 8. The van der Waals surface area contributed by atoms with Crippen molar-refractivity contribution in [1.29, 1.82) is 0 Å². The summed E-state index contributed by atoms with van der Waals surface area (Å²) in [6, 6.07) is 12.4. The van der Waals surface area contributed by atoms with Gasteiger partial charge in [-0.25, -0.2) is 18.4 Å². The summed E-state index contributed by atoms with van der Waals surface area (Å²) >= 11 is 7.81. The molecule has 8 nitrogen and oxygen atoms in total. The van der Waals surface area contributed by atoms with Gasteiger partial charge in [0, 0.05) is 4.88 Å². The van der Waals surface area contributed by atoms with E-state index in [4.69, 9.17) is 16.0 Å². The van der Waals surface area contributed by atoms with Crippen LogP contribution in [0.1, 0.15) is 33.6 Å². The average Bonchev–Trinajstić information content (AvgIpc) is 3.51. The molecule has 1 N–H and O–H groups in total. The number of amides is 1. The molecular weight excluding hydrogens is 508 g/mol. The third-order valence-corrected chi connectivity index (χ3v) is 8.16. The highest BCUT2D eigenvalue weighted by molar-refractivity contribution is 7.91. The second-order valence-electron chi connectivity index (χ2n) is 7.69. The van der Waals surface area contributed by atoms with Gasteiger partial charge in [0.25, 0.3) is 5.91 Å². The molecule has 0 saturated heterocycles. The Labute approximate surface area is 212 Å². The SMILES string of the molecule is CCS(=O)(=O)c1ncc(N(Cc2ccco2)Cc2sccc2C)c(C(=O)Nc2ccccc2Cl)n1. The van der Waals surface area contributed by atoms with Crippen LogP contribution >= 0.6 is 22.9 Å². The van der Waals surface area contributed by atoms with Gasteiger partial charge in [0.15, 0.2) is 5.69 Å². The summed E-state index contributed by atoms with van der Waals surface area (Å²) in [6.45, 7) is 4.27. The number of rotatable bonds is 9. The lowest BCUT2D eigenvalue weighted by Crippen LogP contribution is -2.27. The van der Waals surface area contributed by atoms with Crippen molar-refractivity contribution in [3.63, 3.8) is 0 Å². The normalized spacial score (nSPS) is 11.4. The van der Waals surface area contributed by atoms with Crippen molar-refractivity contribution < 1.29 is 17.6 Å². The fourth-order valence-corrected chi connectivity index (χ4v) is 5.14. The molecule has 1 aromatic carbocycles. The Morgan fingerprint density at radius 2 is 1.97 bits per heavy atom. The van der Waals surface area contributed by atoms with Gasteiger partial charge in [0.05, 0.1) is 47.7 Å². The smallest absolute Gasteiger partial charge is 0.276 e. The molecule has 4 rings (SSSR count). The van der Waals surface area contributed by atoms with Crippen molar-refractivity contribution in [2.75, 3.05) is 16.0 Å². The van der Waals surface area contributed by atoms with Gasteiger partial charge in [0.2, 0.25) is 15.0 Å². The predicted octanol–water partition coefficient (Wildman–Crippen LogP) is 5.35. The molecule has 4 aromatic rings. The molecule has 0 fully saturated rings. The number of benzene rings is 1. The summed E-state index contributed by atoms with van der Waals surface area (Å²) in [4.78, 5) is 24.7. The summed E-state index contributed by atoms with van der Waals surface area (Å²) < 4.78 is 30.6. The number of anilines is 2. The van der Waals surface area contributed by atoms with Gasteiger partial charge < -0.3 is 14.6 Å². The van der Waals surface area contributed by atoms with Crippen LogP contribution in [0, 0.1) is 6.92 Å². The van der Waals surface area contributed by atoms with Crippen LogP contribution in [0.5, 0.6) is 0 Å². The number of halogens is 1. The molecular formula is C24H23ClN4O4S2. The van der Waals surface area contributed by atoms with Gasteiger partial charge in [0.1, 0.15) is 5.76 Å². The second-order valence-corrected chi connectivity index (χ2v) is 11.3. The molecule has 0 spiro atoms. The Kier molecular flexibility index (Phi) is 7.54. The van der Waals surface area contributed by atoms with E-state index < -0.39 is 20.9 Å². The first kappa shape index (κ1) is 24.9. The maximum atomic E-state index is 13.4. The predicted molar refractivity (Wildman–Crippen MR) is 137 cm³/mol. The highest BCUT2D eigenvalue weighted by Crippen LogP contribution is 2.29. The zero-order chi connectivity index (χ0) is 25.0. The lowest BCUT2D eigenvalue weighted by atomic mass is 10.2. The number of hydrogen-bond donors (Lipinski definition) is 1. The summed E-state index contributed by atoms with van der Waals surface area (Å²) in [7, 11) is -3.75. The van der Waals surface area contributed by atoms with E-state index in [1.165, 1.54) is 13.1 Å². The number of carbonyl (C=O) groups is 1. The van der Waals surface area contributed by atoms with Crippen LogP contribution in [0.2, 0.25) is 5.02 Å². The number of para-hydroxylation sites is 1. The van der Waals surface area contributed by atoms with Gasteiger partial charge in [-0.05, 0) is 48.2 Å². The number of sulfone groups is 1. The molecule has 0 aliphatic carbocycles. The monoisotopic (exact) mass is 530 g/mol. The van der Waals surface area contributed by atoms with Crippen molar-refractivity contribution in [3.8, 4) is 0 Å². The molecule has 0 saturated carbocycles. The van der Waals surface area contributed by atoms with Crippen molar-refractivity contribution in [2.45, 2.75) is 32.1 Å². The summed E-state index contributed by atoms with van der Waals surface area (Å²) in [5, 5.41) is 4.68. The van der Waals surface area contributed by atoms with Gasteiger partial charge in [-0.3, -0.25) is 4.79 Å². The molecule has 0 bridgehead atoms. The van der Waals surface area contributed by atoms with Gasteiger partial charge in [-0.2, -0.15) is 0 Å². The zero-order valence-corrected chi connectivity index (χ0v) is 21.5. The number of nitrogens with zero attached hydrogens (tertiary/aromatic N) is 3. The minimum absolute atomic E-state index is 0.0762. The van der Waals surface area contributed by atoms with E-state index >= 15 is 0 Å². The van der Waals surface area contributed by atoms with E-state index in [1.807, 2.05) is 29.3 Å². The van der Waals surface area contributed by atoms with E-state index in [9.17, 15) is 13.2 Å². The highest BCUT2D eigenvalue weighted by atomic mass is 35.5. The molecule has 0 aliphatic heterocycles. The van der Waals surface area contributed by atoms with Crippen LogP contribution in [0.25, 0.3) is 0 Å². The molecule has 11 heteroatoms. The molecule has 0 aliphatic rings. The van der Waals surface area contributed by atoms with Gasteiger partial charge in [-0.1, -0.05) is 30.7 Å². The first-order valence-electron chi connectivity index (χ1n) is 10.7. The van der Waals surface area contributed by atoms with Crippen LogP contribution in [-0.4, -0.2) is 30.0 Å². The number of nitrogens with one attached hydrogen (secondary N) is 1. The Morgan fingerprint density at radius 3 is 2.63 bits per heavy atom. The van der Waals surface area contributed by atoms with E-state index in [1.54, 1.807) is 47.9 Å². The van der Waals surface area contributed by atoms with Crippen molar-refractivity contribution in [1.82, 2.24) is 9.97 Å². The number of furan rings is 1. The Hall–Kier alpha value is -3.21. The Bertz CT molecular complexity index is 1440. The van der Waals surface area contributed by atoms with Crippen LogP contribution in [0.15, 0.2) is 69.9 Å². The maximum Gasteiger partial charge on any atom is 0.276 e. The van der Waals surface area contributed by atoms with Crippen molar-refractivity contribution >= 4 is 50.1 Å². The van der Waals surface area contributed by atoms with E-state index in [-0.39, 0.29) is 11.4 Å². The summed E-state index contributed by atoms with van der Waals surface area (Å²) in [5.74, 6) is -0.125. The maximum absolute atomic E-state index is 13.4. The van der Waals surface area contributed by atoms with Gasteiger partial charge >= 0.3 is 0 Å². The molecule has 3 aromatic heterocycles. The zero-order valence-electron chi connectivity index (χ0n) is 19.1. The lowest BCUT2D eigenvalue weighted by molar-refractivity contribution is 0.102. The fourth-order valence-electron chi connectivity index (χ4n) is 3.34. The lowest BCUT2D eigenvalue weighted by Gasteiger charge is -2.25. The Morgan fingerprint density at radius 1 is 1.17 bits per heavy atom. The van der Waals surface area contributed by atoms with Crippen molar-refractivity contribution in [2.24, 2.45) is 0 Å². The van der Waals surface area contributed by atoms with Crippen LogP contribution in [0.3, 0.4) is 0 Å². The quantitative estimate of drug-likeness (QED) is 0.291. The molecule has 182 valence electrons. The summed E-state index contributed by atoms with van der Waals surface area (Å²) in [6.07, 6.45) is 2.95. The number of carbonyl (C=O) groups excluding carboxylic acids is 1. The minimum atomic E-state index is -3.75. The number of thiophene rings is 1. The van der Waals surface area contributed by atoms with Crippen molar-refractivity contribution in [3.05, 3.63) is 87.2 Å². The van der Waals surface area contributed by atoms with E-state index in [0.717, 1.165) is 10.4 Å². The van der Waals surface area contributed by atoms with Crippen LogP contribution in [-0.2, 0) is 22.9 Å². The van der Waals surface area contributed by atoms with Crippen LogP contribution in [0.4, 0.5) is 11.4 Å².